The summed E-state index contributed by atoms with van der Waals surface area (Å²) >= 11 is 6.11. The van der Waals surface area contributed by atoms with Crippen LogP contribution in [0.15, 0.2) is 30.5 Å². The molecule has 2 aromatic rings. The summed E-state index contributed by atoms with van der Waals surface area (Å²) in [5, 5.41) is 20.4. The molecule has 30 heavy (non-hydrogen) atoms. The molecule has 1 N–H and O–H groups in total. The van der Waals surface area contributed by atoms with Gasteiger partial charge < -0.3 is 10.0 Å². The Balaban J connectivity index is 1.43. The summed E-state index contributed by atoms with van der Waals surface area (Å²) in [5.41, 5.74) is 2.08. The molecule has 3 fully saturated rings. The van der Waals surface area contributed by atoms with Crippen LogP contribution in [0.1, 0.15) is 80.6 Å². The number of carbonyl (C=O) groups is 1. The Hall–Kier alpha value is -1.92. The fourth-order valence-electron chi connectivity index (χ4n) is 5.10. The lowest BCUT2D eigenvalue weighted by molar-refractivity contribution is -0.145. The molecule has 6 nitrogen and oxygen atoms in total. The van der Waals surface area contributed by atoms with E-state index in [0.29, 0.717) is 23.9 Å². The number of β-amino-alcohol motifs (C(OH)–C–C–N with tert-alkyl or cyclic N) is 1. The molecule has 0 radical (unpaired) electrons. The molecule has 1 saturated heterocycles. The van der Waals surface area contributed by atoms with E-state index in [1.807, 2.05) is 40.0 Å². The quantitative estimate of drug-likeness (QED) is 0.789. The van der Waals surface area contributed by atoms with Crippen molar-refractivity contribution in [3.63, 3.8) is 0 Å². The van der Waals surface area contributed by atoms with Crippen LogP contribution in [0.3, 0.4) is 0 Å². The number of hydrogen-bond acceptors (Lipinski definition) is 4. The lowest BCUT2D eigenvalue weighted by Gasteiger charge is -2.44. The average Bonchev–Trinajstić information content (AvgIpc) is 3.51. The van der Waals surface area contributed by atoms with Gasteiger partial charge in [0, 0.05) is 29.6 Å². The first-order valence-corrected chi connectivity index (χ1v) is 11.6. The second kappa shape index (κ2) is 8.31. The molecular formula is C23H29ClN4O2. The third-order valence-corrected chi connectivity index (χ3v) is 7.28. The Kier molecular flexibility index (Phi) is 5.54. The first-order valence-electron chi connectivity index (χ1n) is 11.3. The van der Waals surface area contributed by atoms with E-state index in [9.17, 15) is 9.90 Å². The first kappa shape index (κ1) is 20.0. The zero-order chi connectivity index (χ0) is 20.7. The largest absolute Gasteiger partial charge is 0.389 e. The molecule has 0 bridgehead atoms. The van der Waals surface area contributed by atoms with E-state index < -0.39 is 6.10 Å². The topological polar surface area (TPSA) is 71.2 Å². The van der Waals surface area contributed by atoms with Gasteiger partial charge in [-0.25, -0.2) is 4.68 Å². The van der Waals surface area contributed by atoms with Crippen LogP contribution < -0.4 is 0 Å². The Bertz CT molecular complexity index is 889. The molecule has 5 rings (SSSR count). The van der Waals surface area contributed by atoms with E-state index >= 15 is 0 Å². The van der Waals surface area contributed by atoms with Crippen molar-refractivity contribution >= 4 is 17.5 Å². The van der Waals surface area contributed by atoms with E-state index in [1.165, 1.54) is 19.3 Å². The van der Waals surface area contributed by atoms with E-state index in [1.54, 1.807) is 0 Å². The number of nitrogens with zero attached hydrogens (tertiary/aromatic N) is 4. The van der Waals surface area contributed by atoms with Crippen LogP contribution in [0.2, 0.25) is 5.02 Å². The number of aliphatic hydroxyl groups excluding tert-OH is 1. The number of likely N-dealkylation sites (tertiary alicyclic amines) is 1. The van der Waals surface area contributed by atoms with Crippen molar-refractivity contribution in [3.8, 4) is 0 Å². The Labute approximate surface area is 182 Å². The highest BCUT2D eigenvalue weighted by atomic mass is 35.5. The van der Waals surface area contributed by atoms with Gasteiger partial charge in [-0.3, -0.25) is 4.79 Å². The molecule has 1 aromatic carbocycles. The predicted octanol–water partition coefficient (Wildman–Crippen LogP) is 4.26. The van der Waals surface area contributed by atoms with Gasteiger partial charge in [0.15, 0.2) is 0 Å². The summed E-state index contributed by atoms with van der Waals surface area (Å²) < 4.78 is 1.82. The average molecular weight is 429 g/mol. The second-order valence-corrected chi connectivity index (χ2v) is 9.60. The maximum absolute atomic E-state index is 13.4. The molecule has 0 spiro atoms. The number of rotatable bonds is 4. The number of aromatic nitrogens is 3. The highest BCUT2D eigenvalue weighted by Gasteiger charge is 2.41. The van der Waals surface area contributed by atoms with Crippen molar-refractivity contribution in [1.29, 1.82) is 0 Å². The van der Waals surface area contributed by atoms with Crippen LogP contribution in [0, 0.1) is 5.92 Å². The van der Waals surface area contributed by atoms with Crippen LogP contribution in [0.4, 0.5) is 0 Å². The van der Waals surface area contributed by atoms with Crippen molar-refractivity contribution < 1.29 is 9.90 Å². The van der Waals surface area contributed by atoms with Gasteiger partial charge in [-0.05, 0) is 49.8 Å². The number of carbonyl (C=O) groups excluding carboxylic acids is 1. The van der Waals surface area contributed by atoms with Gasteiger partial charge in [0.2, 0.25) is 5.91 Å². The van der Waals surface area contributed by atoms with Gasteiger partial charge in [-0.2, -0.15) is 0 Å². The Morgan fingerprint density at radius 1 is 1.07 bits per heavy atom. The van der Waals surface area contributed by atoms with Crippen molar-refractivity contribution in [2.45, 2.75) is 75.5 Å². The van der Waals surface area contributed by atoms with Crippen molar-refractivity contribution in [2.24, 2.45) is 5.92 Å². The zero-order valence-electron chi connectivity index (χ0n) is 17.2. The Morgan fingerprint density at radius 3 is 2.50 bits per heavy atom. The first-order chi connectivity index (χ1) is 14.6. The van der Waals surface area contributed by atoms with Gasteiger partial charge >= 0.3 is 0 Å². The molecule has 7 heteroatoms. The molecule has 3 aliphatic rings. The summed E-state index contributed by atoms with van der Waals surface area (Å²) in [6.45, 7) is 0.325. The molecule has 2 heterocycles. The van der Waals surface area contributed by atoms with E-state index in [-0.39, 0.29) is 23.9 Å². The van der Waals surface area contributed by atoms with Gasteiger partial charge in [-0.15, -0.1) is 5.10 Å². The smallest absolute Gasteiger partial charge is 0.226 e. The molecule has 2 saturated carbocycles. The number of hydrogen-bond donors (Lipinski definition) is 1. The third-order valence-electron chi connectivity index (χ3n) is 7.02. The van der Waals surface area contributed by atoms with Crippen molar-refractivity contribution in [3.05, 3.63) is 46.7 Å². The summed E-state index contributed by atoms with van der Waals surface area (Å²) in [4.78, 5) is 15.4. The van der Waals surface area contributed by atoms with Gasteiger partial charge in [0.25, 0.3) is 0 Å². The van der Waals surface area contributed by atoms with Crippen molar-refractivity contribution in [1.82, 2.24) is 19.9 Å². The zero-order valence-corrected chi connectivity index (χ0v) is 17.9. The van der Waals surface area contributed by atoms with Crippen LogP contribution in [0.5, 0.6) is 0 Å². The summed E-state index contributed by atoms with van der Waals surface area (Å²) in [5.74, 6) is 0.783. The lowest BCUT2D eigenvalue weighted by Crippen LogP contribution is -2.51. The molecule has 1 aromatic heterocycles. The van der Waals surface area contributed by atoms with Crippen LogP contribution in [-0.4, -0.2) is 43.6 Å². The van der Waals surface area contributed by atoms with Crippen LogP contribution in [-0.2, 0) is 4.79 Å². The SMILES string of the molecule is O=C(C1CCCCC1)N1C[C@H](O)[C@@H](n2cc(C3CC3)nn2)C[C@@H]1c1ccc(Cl)cc1. The normalized spacial score (nSPS) is 27.9. The van der Waals surface area contributed by atoms with E-state index in [2.05, 4.69) is 10.3 Å². The molecule has 3 atom stereocenters. The Morgan fingerprint density at radius 2 is 1.80 bits per heavy atom. The van der Waals surface area contributed by atoms with E-state index in [0.717, 1.165) is 36.9 Å². The monoisotopic (exact) mass is 428 g/mol. The van der Waals surface area contributed by atoms with Crippen LogP contribution >= 0.6 is 11.6 Å². The number of halogens is 1. The summed E-state index contributed by atoms with van der Waals surface area (Å²) in [6.07, 6.45) is 9.64. The minimum atomic E-state index is -0.658. The molecule has 160 valence electrons. The van der Waals surface area contributed by atoms with Gasteiger partial charge in [0.1, 0.15) is 0 Å². The number of amides is 1. The fourth-order valence-corrected chi connectivity index (χ4v) is 5.22. The fraction of sp³-hybridized carbons (Fsp3) is 0.609. The number of aliphatic hydroxyl groups is 1. The standard InChI is InChI=1S/C23H29ClN4O2/c24-18-10-8-16(9-11-18)20-12-21(28-13-19(25-26-28)15-6-7-15)22(29)14-27(20)23(30)17-4-2-1-3-5-17/h8-11,13,15,17,20-22,29H,1-7,12,14H2/t20-,21+,22+/m1/s1. The maximum Gasteiger partial charge on any atom is 0.226 e. The molecular weight excluding hydrogens is 400 g/mol. The molecule has 1 aliphatic heterocycles. The summed E-state index contributed by atoms with van der Waals surface area (Å²) in [6, 6.07) is 7.46. The van der Waals surface area contributed by atoms with Crippen molar-refractivity contribution in [2.75, 3.05) is 6.54 Å². The van der Waals surface area contributed by atoms with E-state index in [4.69, 9.17) is 11.6 Å². The minimum absolute atomic E-state index is 0.0742. The minimum Gasteiger partial charge on any atom is -0.389 e. The predicted molar refractivity (Wildman–Crippen MR) is 114 cm³/mol. The highest BCUT2D eigenvalue weighted by Crippen LogP contribution is 2.41. The number of benzene rings is 1. The van der Waals surface area contributed by atoms with Crippen LogP contribution in [0.25, 0.3) is 0 Å². The van der Waals surface area contributed by atoms with Gasteiger partial charge in [-0.1, -0.05) is 48.2 Å². The molecule has 2 aliphatic carbocycles. The summed E-state index contributed by atoms with van der Waals surface area (Å²) in [7, 11) is 0. The molecule has 0 unspecified atom stereocenters. The molecule has 1 amide bonds. The maximum atomic E-state index is 13.4. The third kappa shape index (κ3) is 4.00. The van der Waals surface area contributed by atoms with Gasteiger partial charge in [0.05, 0.1) is 23.9 Å². The second-order valence-electron chi connectivity index (χ2n) is 9.16. The highest BCUT2D eigenvalue weighted by molar-refractivity contribution is 6.30. The lowest BCUT2D eigenvalue weighted by atomic mass is 9.85. The number of piperidine rings is 1.